The molecule has 47 heavy (non-hydrogen) atoms. The van der Waals surface area contributed by atoms with Gasteiger partial charge >= 0.3 is 0 Å². The monoisotopic (exact) mass is 680 g/mol. The molecular formula is C31H49ClN8O7. The molecule has 11 N–H and O–H groups in total. The Kier molecular flexibility index (Phi) is 15.0. The van der Waals surface area contributed by atoms with Crippen molar-refractivity contribution < 1.29 is 35.1 Å². The van der Waals surface area contributed by atoms with E-state index in [0.717, 1.165) is 24.8 Å². The Bertz CT molecular complexity index is 1320. The van der Waals surface area contributed by atoms with Gasteiger partial charge in [-0.1, -0.05) is 35.9 Å². The van der Waals surface area contributed by atoms with Gasteiger partial charge < -0.3 is 57.4 Å². The van der Waals surface area contributed by atoms with Crippen LogP contribution in [-0.4, -0.2) is 140 Å². The minimum atomic E-state index is -1.70. The molecule has 3 rings (SSSR count). The van der Waals surface area contributed by atoms with E-state index in [0.29, 0.717) is 26.2 Å². The van der Waals surface area contributed by atoms with Gasteiger partial charge in [-0.25, -0.2) is 9.97 Å². The van der Waals surface area contributed by atoms with Gasteiger partial charge in [0.25, 0.3) is 5.91 Å². The van der Waals surface area contributed by atoms with Crippen LogP contribution in [0.1, 0.15) is 40.9 Å². The lowest BCUT2D eigenvalue weighted by molar-refractivity contribution is -0.132. The van der Waals surface area contributed by atoms with E-state index < -0.39 is 36.9 Å². The highest BCUT2D eigenvalue weighted by Crippen LogP contribution is 2.21. The minimum absolute atomic E-state index is 0.0327. The summed E-state index contributed by atoms with van der Waals surface area (Å²) < 4.78 is 0. The van der Waals surface area contributed by atoms with E-state index in [2.05, 4.69) is 51.6 Å². The SMILES string of the molecule is Cc1ccccc1CC(CNC(=O)c1nc(Cl)c(N)nc1N)CN(C)C1CCN(C(=O)CCNCC(O)C(O)C(O)C(O)CO)CC1. The van der Waals surface area contributed by atoms with Gasteiger partial charge in [0, 0.05) is 51.7 Å². The van der Waals surface area contributed by atoms with Crippen molar-refractivity contribution in [3.05, 3.63) is 46.2 Å². The number of aromatic nitrogens is 2. The van der Waals surface area contributed by atoms with Crippen molar-refractivity contribution in [3.8, 4) is 0 Å². The molecule has 15 nitrogen and oxygen atoms in total. The van der Waals surface area contributed by atoms with Gasteiger partial charge in [0.2, 0.25) is 5.91 Å². The molecule has 0 aliphatic carbocycles. The van der Waals surface area contributed by atoms with Crippen LogP contribution in [0.2, 0.25) is 5.15 Å². The van der Waals surface area contributed by atoms with Crippen LogP contribution < -0.4 is 22.1 Å². The second kappa shape index (κ2) is 18.4. The molecule has 5 unspecified atom stereocenters. The molecule has 2 aromatic rings. The second-order valence-electron chi connectivity index (χ2n) is 12.1. The number of piperidine rings is 1. The summed E-state index contributed by atoms with van der Waals surface area (Å²) in [5, 5.41) is 53.7. The molecule has 0 saturated carbocycles. The van der Waals surface area contributed by atoms with Crippen LogP contribution in [0, 0.1) is 12.8 Å². The number of amides is 2. The van der Waals surface area contributed by atoms with Gasteiger partial charge in [0.05, 0.1) is 12.7 Å². The summed E-state index contributed by atoms with van der Waals surface area (Å²) in [5.74, 6) is -0.611. The summed E-state index contributed by atoms with van der Waals surface area (Å²) in [5.41, 5.74) is 13.8. The molecule has 0 radical (unpaired) electrons. The standard InChI is InChI=1S/C31H49ClN8O7/c1-18-5-3-4-6-20(18)13-19(14-36-31(47)25-29(33)38-30(34)28(32)37-25)16-39(2)21-8-11-40(12-9-21)24(44)7-10-35-15-22(42)26(45)27(46)23(43)17-41/h3-6,19,21-23,26-27,35,41-43,45-46H,7-17H2,1-2H3,(H,36,47)(H4,33,34,38). The molecule has 0 spiro atoms. The average molecular weight is 681 g/mol. The summed E-state index contributed by atoms with van der Waals surface area (Å²) in [6.07, 6.45) is -3.82. The van der Waals surface area contributed by atoms with Crippen LogP contribution in [0.4, 0.5) is 11.6 Å². The van der Waals surface area contributed by atoms with E-state index in [1.54, 1.807) is 0 Å². The van der Waals surface area contributed by atoms with E-state index in [4.69, 9.17) is 28.2 Å². The normalized spacial score (nSPS) is 17.3. The number of halogens is 1. The van der Waals surface area contributed by atoms with Crippen LogP contribution in [-0.2, 0) is 11.2 Å². The lowest BCUT2D eigenvalue weighted by Gasteiger charge is -2.38. The van der Waals surface area contributed by atoms with Crippen molar-refractivity contribution in [3.63, 3.8) is 0 Å². The van der Waals surface area contributed by atoms with Gasteiger partial charge in [-0.2, -0.15) is 0 Å². The van der Waals surface area contributed by atoms with Crippen molar-refractivity contribution >= 4 is 35.1 Å². The number of hydrogen-bond donors (Lipinski definition) is 9. The number of nitrogens with one attached hydrogen (secondary N) is 2. The first-order chi connectivity index (χ1) is 22.3. The molecular weight excluding hydrogens is 632 g/mol. The number of aryl methyl sites for hydroxylation is 1. The number of anilines is 2. The Labute approximate surface area is 279 Å². The number of carbonyl (C=O) groups is 2. The van der Waals surface area contributed by atoms with Gasteiger partial charge in [-0.15, -0.1) is 0 Å². The Morgan fingerprint density at radius 2 is 1.70 bits per heavy atom. The lowest BCUT2D eigenvalue weighted by Crippen LogP contribution is -2.49. The molecule has 2 amide bonds. The highest BCUT2D eigenvalue weighted by atomic mass is 35.5. The fourth-order valence-electron chi connectivity index (χ4n) is 5.68. The van der Waals surface area contributed by atoms with Crippen molar-refractivity contribution in [1.82, 2.24) is 30.4 Å². The molecule has 1 aliphatic heterocycles. The van der Waals surface area contributed by atoms with Crippen LogP contribution in [0.25, 0.3) is 0 Å². The third kappa shape index (κ3) is 11.2. The maximum atomic E-state index is 13.0. The van der Waals surface area contributed by atoms with E-state index in [1.807, 2.05) is 17.0 Å². The van der Waals surface area contributed by atoms with Gasteiger partial charge in [0.1, 0.15) is 18.3 Å². The lowest BCUT2D eigenvalue weighted by atomic mass is 9.94. The number of aliphatic hydroxyl groups is 5. The number of hydrogen-bond acceptors (Lipinski definition) is 13. The van der Waals surface area contributed by atoms with Crippen molar-refractivity contribution in [2.45, 2.75) is 63.1 Å². The van der Waals surface area contributed by atoms with E-state index >= 15 is 0 Å². The number of benzene rings is 1. The van der Waals surface area contributed by atoms with Crippen molar-refractivity contribution in [2.24, 2.45) is 5.92 Å². The van der Waals surface area contributed by atoms with Crippen LogP contribution in [0.15, 0.2) is 24.3 Å². The van der Waals surface area contributed by atoms with Crippen LogP contribution >= 0.6 is 11.6 Å². The Hall–Kier alpha value is -3.15. The van der Waals surface area contributed by atoms with E-state index in [-0.39, 0.29) is 59.9 Å². The summed E-state index contributed by atoms with van der Waals surface area (Å²) >= 11 is 5.97. The van der Waals surface area contributed by atoms with Gasteiger partial charge in [-0.05, 0) is 50.3 Å². The maximum Gasteiger partial charge on any atom is 0.273 e. The van der Waals surface area contributed by atoms with E-state index in [1.165, 1.54) is 5.56 Å². The maximum absolute atomic E-state index is 13.0. The predicted octanol–water partition coefficient (Wildman–Crippen LogP) is -1.47. The smallest absolute Gasteiger partial charge is 0.273 e. The molecule has 16 heteroatoms. The highest BCUT2D eigenvalue weighted by molar-refractivity contribution is 6.31. The molecule has 1 aromatic heterocycles. The third-order valence-corrected chi connectivity index (χ3v) is 8.90. The number of carbonyl (C=O) groups excluding carboxylic acids is 2. The molecule has 1 saturated heterocycles. The Morgan fingerprint density at radius 3 is 2.36 bits per heavy atom. The van der Waals surface area contributed by atoms with Crippen LogP contribution in [0.3, 0.4) is 0 Å². The summed E-state index contributed by atoms with van der Waals surface area (Å²) in [6, 6.07) is 8.37. The number of rotatable bonds is 17. The zero-order valence-corrected chi connectivity index (χ0v) is 27.7. The molecule has 0 bridgehead atoms. The number of nitrogens with two attached hydrogens (primary N) is 2. The zero-order chi connectivity index (χ0) is 34.7. The third-order valence-electron chi connectivity index (χ3n) is 8.62. The zero-order valence-electron chi connectivity index (χ0n) is 26.9. The highest BCUT2D eigenvalue weighted by Gasteiger charge is 2.30. The summed E-state index contributed by atoms with van der Waals surface area (Å²) in [7, 11) is 2.05. The van der Waals surface area contributed by atoms with Gasteiger partial charge in [0.15, 0.2) is 22.5 Å². The number of nitrogens with zero attached hydrogens (tertiary/aromatic N) is 4. The minimum Gasteiger partial charge on any atom is -0.394 e. The first-order valence-electron chi connectivity index (χ1n) is 15.7. The van der Waals surface area contributed by atoms with Crippen LogP contribution in [0.5, 0.6) is 0 Å². The summed E-state index contributed by atoms with van der Waals surface area (Å²) in [4.78, 5) is 37.8. The molecule has 2 heterocycles. The first-order valence-corrected chi connectivity index (χ1v) is 16.1. The second-order valence-corrected chi connectivity index (χ2v) is 12.5. The fourth-order valence-corrected chi connectivity index (χ4v) is 5.81. The molecule has 1 aromatic carbocycles. The first kappa shape index (κ1) is 38.3. The van der Waals surface area contributed by atoms with Crippen molar-refractivity contribution in [1.29, 1.82) is 0 Å². The fraction of sp³-hybridized carbons (Fsp3) is 0.613. The van der Waals surface area contributed by atoms with Gasteiger partial charge in [-0.3, -0.25) is 9.59 Å². The largest absolute Gasteiger partial charge is 0.394 e. The van der Waals surface area contributed by atoms with Crippen molar-refractivity contribution in [2.75, 3.05) is 64.4 Å². The summed E-state index contributed by atoms with van der Waals surface area (Å²) in [6.45, 7) is 3.70. The molecule has 262 valence electrons. The number of likely N-dealkylation sites (tertiary alicyclic amines) is 1. The van der Waals surface area contributed by atoms with E-state index in [9.17, 15) is 30.0 Å². The molecule has 5 atom stereocenters. The topological polar surface area (TPSA) is 244 Å². The Morgan fingerprint density at radius 1 is 1.04 bits per heavy atom. The number of aliphatic hydroxyl groups excluding tert-OH is 5. The molecule has 1 aliphatic rings. The number of nitrogen functional groups attached to an aromatic ring is 2. The molecule has 1 fully saturated rings. The Balaban J connectivity index is 1.49. The quantitative estimate of drug-likeness (QED) is 0.0868. The predicted molar refractivity (Wildman–Crippen MR) is 177 cm³/mol. The average Bonchev–Trinajstić information content (AvgIpc) is 3.06.